The number of aromatic nitrogens is 1. The number of amides is 1. The van der Waals surface area contributed by atoms with E-state index in [0.717, 1.165) is 38.7 Å². The maximum absolute atomic E-state index is 12.7. The Kier molecular flexibility index (Phi) is 4.78. The predicted molar refractivity (Wildman–Crippen MR) is 82.7 cm³/mol. The molecule has 1 N–H and O–H groups in total. The Bertz CT molecular complexity index is 614. The molecule has 132 valence electrons. The molecule has 1 atom stereocenters. The summed E-state index contributed by atoms with van der Waals surface area (Å²) in [4.78, 5) is 20.3. The molecule has 1 amide bonds. The summed E-state index contributed by atoms with van der Waals surface area (Å²) in [5.74, 6) is -0.230. The molecule has 0 aliphatic carbocycles. The number of hydrogen-bond acceptors (Lipinski definition) is 4. The first-order valence-corrected chi connectivity index (χ1v) is 8.15. The van der Waals surface area contributed by atoms with Crippen LogP contribution in [0.3, 0.4) is 0 Å². The lowest BCUT2D eigenvalue weighted by Crippen LogP contribution is -2.49. The van der Waals surface area contributed by atoms with Gasteiger partial charge in [-0.05, 0) is 25.5 Å². The summed E-state index contributed by atoms with van der Waals surface area (Å²) in [6.45, 7) is 6.54. The van der Waals surface area contributed by atoms with Crippen LogP contribution in [0.15, 0.2) is 12.1 Å². The van der Waals surface area contributed by atoms with Gasteiger partial charge in [-0.1, -0.05) is 0 Å². The van der Waals surface area contributed by atoms with Gasteiger partial charge < -0.3 is 10.2 Å². The zero-order valence-electron chi connectivity index (χ0n) is 13.6. The van der Waals surface area contributed by atoms with E-state index < -0.39 is 11.9 Å². The Morgan fingerprint density at radius 2 is 1.96 bits per heavy atom. The second-order valence-electron chi connectivity index (χ2n) is 6.31. The largest absolute Gasteiger partial charge is 0.433 e. The zero-order valence-corrected chi connectivity index (χ0v) is 13.6. The molecule has 0 bridgehead atoms. The first-order chi connectivity index (χ1) is 11.4. The van der Waals surface area contributed by atoms with Crippen molar-refractivity contribution in [1.29, 1.82) is 0 Å². The lowest BCUT2D eigenvalue weighted by molar-refractivity contribution is -0.141. The van der Waals surface area contributed by atoms with E-state index in [-0.39, 0.29) is 17.2 Å². The fourth-order valence-electron chi connectivity index (χ4n) is 3.39. The molecule has 5 nitrogen and oxygen atoms in total. The normalized spacial score (nSPS) is 22.8. The van der Waals surface area contributed by atoms with Crippen LogP contribution in [-0.4, -0.2) is 66.0 Å². The highest BCUT2D eigenvalue weighted by Gasteiger charge is 2.35. The summed E-state index contributed by atoms with van der Waals surface area (Å²) < 4.78 is 38.1. The molecule has 1 aromatic heterocycles. The maximum Gasteiger partial charge on any atom is 0.433 e. The number of rotatable bonds is 2. The van der Waals surface area contributed by atoms with Crippen LogP contribution in [-0.2, 0) is 6.18 Å². The summed E-state index contributed by atoms with van der Waals surface area (Å²) in [5, 5.41) is 3.30. The van der Waals surface area contributed by atoms with E-state index in [9.17, 15) is 18.0 Å². The second-order valence-corrected chi connectivity index (χ2v) is 6.31. The summed E-state index contributed by atoms with van der Waals surface area (Å²) in [5.41, 5.74) is -0.582. The molecule has 0 saturated carbocycles. The first kappa shape index (κ1) is 17.2. The van der Waals surface area contributed by atoms with E-state index >= 15 is 0 Å². The highest BCUT2D eigenvalue weighted by molar-refractivity contribution is 5.95. The summed E-state index contributed by atoms with van der Waals surface area (Å²) in [6.07, 6.45) is -3.59. The second kappa shape index (κ2) is 6.68. The number of pyridine rings is 1. The third-order valence-electron chi connectivity index (χ3n) is 4.73. The van der Waals surface area contributed by atoms with Crippen LogP contribution in [0.1, 0.15) is 28.2 Å². The minimum absolute atomic E-state index is 0.125. The van der Waals surface area contributed by atoms with E-state index in [0.29, 0.717) is 19.1 Å². The van der Waals surface area contributed by atoms with Gasteiger partial charge in [-0.25, -0.2) is 4.98 Å². The molecule has 24 heavy (non-hydrogen) atoms. The van der Waals surface area contributed by atoms with E-state index in [1.807, 2.05) is 0 Å². The minimum atomic E-state index is -4.49. The standard InChI is InChI=1S/C16H21F3N4O/c1-11-13(2-3-14(21-11)16(17,18)19)15(24)23-7-4-12(10-23)22-8-5-20-6-9-22/h2-3,12,20H,4-10H2,1H3. The van der Waals surface area contributed by atoms with Gasteiger partial charge >= 0.3 is 6.18 Å². The van der Waals surface area contributed by atoms with Crippen molar-refractivity contribution in [3.05, 3.63) is 29.1 Å². The minimum Gasteiger partial charge on any atom is -0.337 e. The molecule has 0 spiro atoms. The molecular weight excluding hydrogens is 321 g/mol. The number of hydrogen-bond donors (Lipinski definition) is 1. The number of aryl methyl sites for hydroxylation is 1. The number of carbonyl (C=O) groups is 1. The number of alkyl halides is 3. The van der Waals surface area contributed by atoms with Crippen LogP contribution in [0, 0.1) is 6.92 Å². The lowest BCUT2D eigenvalue weighted by Gasteiger charge is -2.32. The molecule has 2 aliphatic rings. The molecule has 1 unspecified atom stereocenters. The summed E-state index contributed by atoms with van der Waals surface area (Å²) in [7, 11) is 0. The number of halogens is 3. The fraction of sp³-hybridized carbons (Fsp3) is 0.625. The highest BCUT2D eigenvalue weighted by atomic mass is 19.4. The van der Waals surface area contributed by atoms with E-state index in [2.05, 4.69) is 15.2 Å². The molecular formula is C16H21F3N4O. The molecule has 3 heterocycles. The number of piperazine rings is 1. The maximum atomic E-state index is 12.7. The van der Waals surface area contributed by atoms with Crippen molar-refractivity contribution in [2.75, 3.05) is 39.3 Å². The van der Waals surface area contributed by atoms with Crippen LogP contribution in [0.2, 0.25) is 0 Å². The smallest absolute Gasteiger partial charge is 0.337 e. The van der Waals surface area contributed by atoms with Crippen molar-refractivity contribution in [1.82, 2.24) is 20.1 Å². The van der Waals surface area contributed by atoms with Crippen molar-refractivity contribution < 1.29 is 18.0 Å². The molecule has 8 heteroatoms. The highest BCUT2D eigenvalue weighted by Crippen LogP contribution is 2.28. The Morgan fingerprint density at radius 1 is 1.25 bits per heavy atom. The van der Waals surface area contributed by atoms with Crippen LogP contribution in [0.4, 0.5) is 13.2 Å². The zero-order chi connectivity index (χ0) is 17.3. The van der Waals surface area contributed by atoms with Crippen LogP contribution in [0.25, 0.3) is 0 Å². The Hall–Kier alpha value is -1.67. The molecule has 0 radical (unpaired) electrons. The quantitative estimate of drug-likeness (QED) is 0.886. The van der Waals surface area contributed by atoms with Crippen molar-refractivity contribution in [3.8, 4) is 0 Å². The van der Waals surface area contributed by atoms with Gasteiger partial charge in [0, 0.05) is 45.3 Å². The number of carbonyl (C=O) groups excluding carboxylic acids is 1. The lowest BCUT2D eigenvalue weighted by atomic mass is 10.1. The molecule has 2 aliphatic heterocycles. The van der Waals surface area contributed by atoms with Gasteiger partial charge in [0.25, 0.3) is 5.91 Å². The summed E-state index contributed by atoms with van der Waals surface area (Å²) >= 11 is 0. The number of nitrogens with zero attached hydrogens (tertiary/aromatic N) is 3. The number of likely N-dealkylation sites (tertiary alicyclic amines) is 1. The molecule has 3 rings (SSSR count). The van der Waals surface area contributed by atoms with Crippen LogP contribution < -0.4 is 5.32 Å². The van der Waals surface area contributed by atoms with Crippen LogP contribution >= 0.6 is 0 Å². The van der Waals surface area contributed by atoms with Gasteiger partial charge in [0.05, 0.1) is 11.3 Å². The van der Waals surface area contributed by atoms with Gasteiger partial charge in [-0.3, -0.25) is 9.69 Å². The van der Waals surface area contributed by atoms with Crippen molar-refractivity contribution in [3.63, 3.8) is 0 Å². The van der Waals surface area contributed by atoms with Gasteiger partial charge in [0.1, 0.15) is 5.69 Å². The fourth-order valence-corrected chi connectivity index (χ4v) is 3.39. The predicted octanol–water partition coefficient (Wildman–Crippen LogP) is 1.53. The average molecular weight is 342 g/mol. The molecule has 2 saturated heterocycles. The number of nitrogens with one attached hydrogen (secondary N) is 1. The SMILES string of the molecule is Cc1nc(C(F)(F)F)ccc1C(=O)N1CCC(N2CCNCC2)C1. The van der Waals surface area contributed by atoms with Crippen molar-refractivity contribution >= 4 is 5.91 Å². The average Bonchev–Trinajstić information content (AvgIpc) is 3.04. The van der Waals surface area contributed by atoms with E-state index in [1.54, 1.807) is 4.90 Å². The topological polar surface area (TPSA) is 48.5 Å². The van der Waals surface area contributed by atoms with Crippen molar-refractivity contribution in [2.45, 2.75) is 25.6 Å². The van der Waals surface area contributed by atoms with Gasteiger partial charge in [0.2, 0.25) is 0 Å². The Labute approximate surface area is 138 Å². The monoisotopic (exact) mass is 342 g/mol. The van der Waals surface area contributed by atoms with Crippen LogP contribution in [0.5, 0.6) is 0 Å². The van der Waals surface area contributed by atoms with Gasteiger partial charge in [-0.2, -0.15) is 13.2 Å². The molecule has 2 fully saturated rings. The third kappa shape index (κ3) is 3.54. The first-order valence-electron chi connectivity index (χ1n) is 8.15. The Balaban J connectivity index is 1.69. The van der Waals surface area contributed by atoms with Gasteiger partial charge in [0.15, 0.2) is 0 Å². The van der Waals surface area contributed by atoms with E-state index in [1.165, 1.54) is 13.0 Å². The van der Waals surface area contributed by atoms with Gasteiger partial charge in [-0.15, -0.1) is 0 Å². The molecule has 1 aromatic rings. The van der Waals surface area contributed by atoms with E-state index in [4.69, 9.17) is 0 Å². The molecule has 0 aromatic carbocycles. The Morgan fingerprint density at radius 3 is 2.58 bits per heavy atom. The van der Waals surface area contributed by atoms with Crippen molar-refractivity contribution in [2.24, 2.45) is 0 Å². The third-order valence-corrected chi connectivity index (χ3v) is 4.73. The summed E-state index contributed by atoms with van der Waals surface area (Å²) in [6, 6.07) is 2.45.